The van der Waals surface area contributed by atoms with Crippen molar-refractivity contribution in [1.29, 1.82) is 0 Å². The van der Waals surface area contributed by atoms with Gasteiger partial charge in [0.25, 0.3) is 0 Å². The number of para-hydroxylation sites is 1. The molecule has 0 heterocycles. The van der Waals surface area contributed by atoms with E-state index in [9.17, 15) is 8.42 Å². The summed E-state index contributed by atoms with van der Waals surface area (Å²) in [7, 11) is -0.931. The van der Waals surface area contributed by atoms with Gasteiger partial charge < -0.3 is 0 Å². The van der Waals surface area contributed by atoms with Crippen LogP contribution in [0.2, 0.25) is 0 Å². The molecule has 0 spiro atoms. The highest BCUT2D eigenvalue weighted by Crippen LogP contribution is 2.07. The maximum absolute atomic E-state index is 10.8. The molecule has 5 heteroatoms. The van der Waals surface area contributed by atoms with Gasteiger partial charge >= 0.3 is 10.3 Å². The molecule has 0 aliphatic rings. The first-order valence-corrected chi connectivity index (χ1v) is 4.56. The normalized spacial score (nSPS) is 11.1. The Labute approximate surface area is 71.4 Å². The summed E-state index contributed by atoms with van der Waals surface area (Å²) < 4.78 is 27.7. The summed E-state index contributed by atoms with van der Waals surface area (Å²) in [6.07, 6.45) is 0. The zero-order valence-corrected chi connectivity index (χ0v) is 7.04. The van der Waals surface area contributed by atoms with E-state index in [1.54, 1.807) is 30.3 Å². The number of benzene rings is 1. The average Bonchev–Trinajstić information content (AvgIpc) is 2.06. The fourth-order valence-electron chi connectivity index (χ4n) is 0.680. The molecule has 0 aliphatic carbocycles. The maximum Gasteiger partial charge on any atom is 0.360 e. The Bertz CT molecular complexity index is 333. The molecular formula is C7H8NO3S. The summed E-state index contributed by atoms with van der Waals surface area (Å²) in [6.45, 7) is 0. The van der Waals surface area contributed by atoms with Crippen LogP contribution in [-0.2, 0) is 14.5 Å². The molecule has 4 nitrogen and oxygen atoms in total. The third kappa shape index (κ3) is 2.52. The third-order valence-corrected chi connectivity index (χ3v) is 1.97. The van der Waals surface area contributed by atoms with Crippen LogP contribution < -0.4 is 4.72 Å². The zero-order valence-electron chi connectivity index (χ0n) is 6.23. The largest absolute Gasteiger partial charge is 0.360 e. The molecule has 1 N–H and O–H groups in total. The molecule has 0 aromatic heterocycles. The number of hydrogen-bond acceptors (Lipinski definition) is 3. The topological polar surface area (TPSA) is 55.4 Å². The maximum atomic E-state index is 10.8. The van der Waals surface area contributed by atoms with Crippen LogP contribution in [0.3, 0.4) is 0 Å². The van der Waals surface area contributed by atoms with Gasteiger partial charge in [-0.3, -0.25) is 8.91 Å². The predicted molar refractivity (Wildman–Crippen MR) is 45.4 cm³/mol. The van der Waals surface area contributed by atoms with E-state index in [-0.39, 0.29) is 0 Å². The molecule has 0 amide bonds. The van der Waals surface area contributed by atoms with E-state index >= 15 is 0 Å². The molecule has 0 saturated heterocycles. The van der Waals surface area contributed by atoms with Crippen LogP contribution >= 0.6 is 0 Å². The van der Waals surface area contributed by atoms with Crippen molar-refractivity contribution < 1.29 is 12.6 Å². The average molecular weight is 186 g/mol. The lowest BCUT2D eigenvalue weighted by Crippen LogP contribution is -2.12. The minimum Gasteiger partial charge on any atom is -0.261 e. The molecule has 0 unspecified atom stereocenters. The second-order valence-electron chi connectivity index (χ2n) is 2.04. The molecule has 1 aromatic carbocycles. The van der Waals surface area contributed by atoms with Crippen LogP contribution in [0.4, 0.5) is 5.69 Å². The van der Waals surface area contributed by atoms with E-state index in [0.717, 1.165) is 0 Å². The lowest BCUT2D eigenvalue weighted by atomic mass is 10.3. The van der Waals surface area contributed by atoms with Crippen LogP contribution in [0.5, 0.6) is 0 Å². The van der Waals surface area contributed by atoms with Crippen molar-refractivity contribution in [2.45, 2.75) is 0 Å². The van der Waals surface area contributed by atoms with Crippen LogP contribution in [-0.4, -0.2) is 8.42 Å². The minimum absolute atomic E-state index is 0.446. The summed E-state index contributed by atoms with van der Waals surface area (Å²) in [5.74, 6) is 0. The first-order valence-electron chi connectivity index (χ1n) is 3.15. The van der Waals surface area contributed by atoms with E-state index in [1.165, 1.54) is 0 Å². The second kappa shape index (κ2) is 3.55. The lowest BCUT2D eigenvalue weighted by molar-refractivity contribution is 0.443. The minimum atomic E-state index is -3.73. The number of hydrogen-bond donors (Lipinski definition) is 1. The smallest absolute Gasteiger partial charge is 0.261 e. The van der Waals surface area contributed by atoms with Gasteiger partial charge in [0.2, 0.25) is 0 Å². The van der Waals surface area contributed by atoms with Gasteiger partial charge in [0.15, 0.2) is 0 Å². The van der Waals surface area contributed by atoms with Gasteiger partial charge in [-0.1, -0.05) is 18.2 Å². The third-order valence-electron chi connectivity index (χ3n) is 1.17. The van der Waals surface area contributed by atoms with Crippen molar-refractivity contribution in [3.8, 4) is 0 Å². The van der Waals surface area contributed by atoms with E-state index in [4.69, 9.17) is 0 Å². The Hall–Kier alpha value is -1.07. The first-order chi connectivity index (χ1) is 5.64. The summed E-state index contributed by atoms with van der Waals surface area (Å²) >= 11 is 0. The SMILES string of the molecule is [CH2]OS(=O)(=O)Nc1ccccc1. The summed E-state index contributed by atoms with van der Waals surface area (Å²) in [5, 5.41) is 0. The fourth-order valence-corrected chi connectivity index (χ4v) is 1.16. The molecule has 1 radical (unpaired) electrons. The van der Waals surface area contributed by atoms with E-state index in [2.05, 4.69) is 16.0 Å². The lowest BCUT2D eigenvalue weighted by Gasteiger charge is -2.03. The molecule has 12 heavy (non-hydrogen) atoms. The Morgan fingerprint density at radius 2 is 1.83 bits per heavy atom. The highest BCUT2D eigenvalue weighted by atomic mass is 32.2. The van der Waals surface area contributed by atoms with Crippen molar-refractivity contribution in [1.82, 2.24) is 0 Å². The van der Waals surface area contributed by atoms with Crippen LogP contribution in [0.25, 0.3) is 0 Å². The molecule has 1 rings (SSSR count). The molecule has 65 valence electrons. The molecule has 0 saturated carbocycles. The van der Waals surface area contributed by atoms with Crippen LogP contribution in [0.1, 0.15) is 0 Å². The highest BCUT2D eigenvalue weighted by molar-refractivity contribution is 7.88. The first kappa shape index (κ1) is 9.02. The second-order valence-corrected chi connectivity index (χ2v) is 3.39. The zero-order chi connectivity index (χ0) is 9.03. The van der Waals surface area contributed by atoms with E-state index < -0.39 is 10.3 Å². The van der Waals surface area contributed by atoms with E-state index in [1.807, 2.05) is 0 Å². The number of nitrogens with one attached hydrogen (secondary N) is 1. The predicted octanol–water partition coefficient (Wildman–Crippen LogP) is 1.15. The highest BCUT2D eigenvalue weighted by Gasteiger charge is 2.06. The molecule has 0 fully saturated rings. The molecule has 1 aromatic rings. The quantitative estimate of drug-likeness (QED) is 0.770. The summed E-state index contributed by atoms with van der Waals surface area (Å²) in [5.41, 5.74) is 0.446. The molecule has 0 bridgehead atoms. The Morgan fingerprint density at radius 3 is 2.33 bits per heavy atom. The van der Waals surface area contributed by atoms with Crippen LogP contribution in [0, 0.1) is 7.11 Å². The van der Waals surface area contributed by atoms with Crippen LogP contribution in [0.15, 0.2) is 30.3 Å². The Kier molecular flexibility index (Phi) is 2.67. The monoisotopic (exact) mass is 186 g/mol. The van der Waals surface area contributed by atoms with Gasteiger partial charge in [0, 0.05) is 0 Å². The summed E-state index contributed by atoms with van der Waals surface area (Å²) in [6, 6.07) is 8.41. The van der Waals surface area contributed by atoms with E-state index in [0.29, 0.717) is 5.69 Å². The van der Waals surface area contributed by atoms with Crippen molar-refractivity contribution >= 4 is 16.0 Å². The molecular weight excluding hydrogens is 178 g/mol. The number of anilines is 1. The summed E-state index contributed by atoms with van der Waals surface area (Å²) in [4.78, 5) is 0. The van der Waals surface area contributed by atoms with Gasteiger partial charge in [0.1, 0.15) is 0 Å². The number of rotatable bonds is 3. The van der Waals surface area contributed by atoms with Crippen molar-refractivity contribution in [3.63, 3.8) is 0 Å². The molecule has 0 atom stereocenters. The Morgan fingerprint density at radius 1 is 1.25 bits per heavy atom. The Balaban J connectivity index is 2.78. The van der Waals surface area contributed by atoms with Gasteiger partial charge in [0.05, 0.1) is 12.8 Å². The van der Waals surface area contributed by atoms with Crippen molar-refractivity contribution in [3.05, 3.63) is 37.4 Å². The van der Waals surface area contributed by atoms with Crippen molar-refractivity contribution in [2.75, 3.05) is 4.72 Å². The van der Waals surface area contributed by atoms with Crippen molar-refractivity contribution in [2.24, 2.45) is 0 Å². The molecule has 0 aliphatic heterocycles. The van der Waals surface area contributed by atoms with Gasteiger partial charge in [-0.15, -0.1) is 0 Å². The standard InChI is InChI=1S/C7H8NO3S/c1-11-12(9,10)8-7-5-3-2-4-6-7/h2-6,8H,1H2. The fraction of sp³-hybridized carbons (Fsp3) is 0. The van der Waals surface area contributed by atoms with Gasteiger partial charge in [-0.2, -0.15) is 8.42 Å². The van der Waals surface area contributed by atoms with Gasteiger partial charge in [-0.25, -0.2) is 0 Å². The van der Waals surface area contributed by atoms with Gasteiger partial charge in [-0.05, 0) is 12.1 Å².